The number of aliphatic carboxylic acids is 1. The van der Waals surface area contributed by atoms with Crippen molar-refractivity contribution in [1.82, 2.24) is 19.8 Å². The minimum Gasteiger partial charge on any atom is -0.481 e. The molecular formula is C15H22N4O5. The Kier molecular flexibility index (Phi) is 5.77. The van der Waals surface area contributed by atoms with Gasteiger partial charge in [-0.05, 0) is 0 Å². The average Bonchev–Trinajstić information content (AvgIpc) is 2.51. The third-order valence-electron chi connectivity index (χ3n) is 4.32. The van der Waals surface area contributed by atoms with E-state index in [-0.39, 0.29) is 31.6 Å². The van der Waals surface area contributed by atoms with Crippen LogP contribution in [0.25, 0.3) is 0 Å². The number of hydrogen-bond donors (Lipinski definition) is 1. The number of fused-ring (bicyclic) bond motifs is 1. The van der Waals surface area contributed by atoms with Crippen molar-refractivity contribution in [3.63, 3.8) is 0 Å². The Bertz CT molecular complexity index is 561. The molecule has 0 aromatic rings. The molecule has 1 N–H and O–H groups in total. The van der Waals surface area contributed by atoms with Gasteiger partial charge in [0.15, 0.2) is 0 Å². The van der Waals surface area contributed by atoms with Gasteiger partial charge in [0.2, 0.25) is 11.8 Å². The molecule has 2 amide bonds. The number of carboxylic acids is 1. The molecule has 2 aliphatic rings. The SMILES string of the molecule is C#CCOCCN1C[C@H]2N(C(=O)CN(C)N2C)C(CC(=O)O)C1=O. The number of carboxylic acid groups (broad SMARTS) is 1. The molecule has 132 valence electrons. The number of ether oxygens (including phenoxy) is 1. The lowest BCUT2D eigenvalue weighted by Gasteiger charge is -2.53. The Morgan fingerprint density at radius 3 is 2.75 bits per heavy atom. The second-order valence-electron chi connectivity index (χ2n) is 5.83. The first-order valence-corrected chi connectivity index (χ1v) is 7.63. The maximum Gasteiger partial charge on any atom is 0.305 e. The van der Waals surface area contributed by atoms with Gasteiger partial charge >= 0.3 is 5.97 Å². The number of carbonyl (C=O) groups is 3. The summed E-state index contributed by atoms with van der Waals surface area (Å²) < 4.78 is 5.20. The monoisotopic (exact) mass is 338 g/mol. The van der Waals surface area contributed by atoms with Gasteiger partial charge < -0.3 is 19.6 Å². The topological polar surface area (TPSA) is 93.6 Å². The number of hydrazine groups is 1. The summed E-state index contributed by atoms with van der Waals surface area (Å²) in [4.78, 5) is 39.1. The molecule has 0 saturated carbocycles. The van der Waals surface area contributed by atoms with Crippen molar-refractivity contribution in [2.75, 3.05) is 46.9 Å². The van der Waals surface area contributed by atoms with Gasteiger partial charge in [0.25, 0.3) is 0 Å². The van der Waals surface area contributed by atoms with Gasteiger partial charge in [-0.1, -0.05) is 5.92 Å². The predicted octanol–water partition coefficient (Wildman–Crippen LogP) is -1.73. The molecule has 0 aromatic carbocycles. The Balaban J connectivity index is 2.19. The van der Waals surface area contributed by atoms with E-state index in [2.05, 4.69) is 5.92 Å². The lowest BCUT2D eigenvalue weighted by atomic mass is 10.0. The predicted molar refractivity (Wildman–Crippen MR) is 83.3 cm³/mol. The number of rotatable bonds is 6. The molecule has 0 spiro atoms. The number of nitrogens with zero attached hydrogens (tertiary/aromatic N) is 4. The Labute approximate surface area is 140 Å². The third kappa shape index (κ3) is 3.67. The van der Waals surface area contributed by atoms with Crippen LogP contribution in [0, 0.1) is 12.3 Å². The molecule has 2 aliphatic heterocycles. The van der Waals surface area contributed by atoms with Crippen LogP contribution in [-0.4, -0.2) is 102 Å². The zero-order valence-corrected chi connectivity index (χ0v) is 13.8. The summed E-state index contributed by atoms with van der Waals surface area (Å²) in [5.41, 5.74) is 0. The standard InChI is InChI=1S/C15H22N4O5/c1-4-6-24-7-5-18-9-12-17(3)16(2)10-13(20)19(12)11(15(18)23)8-14(21)22/h1,11-12H,5-10H2,2-3H3,(H,21,22)/t11?,12-/m1/s1. The van der Waals surface area contributed by atoms with Gasteiger partial charge in [0, 0.05) is 20.6 Å². The van der Waals surface area contributed by atoms with Gasteiger partial charge in [-0.25, -0.2) is 10.0 Å². The second-order valence-corrected chi connectivity index (χ2v) is 5.83. The van der Waals surface area contributed by atoms with Crippen LogP contribution < -0.4 is 0 Å². The number of terminal acetylenes is 1. The Hall–Kier alpha value is -2.15. The summed E-state index contributed by atoms with van der Waals surface area (Å²) in [6, 6.07) is -1.00. The smallest absolute Gasteiger partial charge is 0.305 e. The van der Waals surface area contributed by atoms with Crippen LogP contribution in [0.5, 0.6) is 0 Å². The maximum absolute atomic E-state index is 12.7. The summed E-state index contributed by atoms with van der Waals surface area (Å²) in [6.07, 6.45) is 4.30. The zero-order valence-electron chi connectivity index (χ0n) is 13.8. The number of carbonyl (C=O) groups excluding carboxylic acids is 2. The van der Waals surface area contributed by atoms with E-state index >= 15 is 0 Å². The zero-order chi connectivity index (χ0) is 17.9. The molecular weight excluding hydrogens is 316 g/mol. The summed E-state index contributed by atoms with van der Waals surface area (Å²) in [6.45, 7) is 1.11. The van der Waals surface area contributed by atoms with E-state index in [1.807, 2.05) is 12.1 Å². The van der Waals surface area contributed by atoms with Gasteiger partial charge in [-0.15, -0.1) is 6.42 Å². The molecule has 1 unspecified atom stereocenters. The Morgan fingerprint density at radius 1 is 1.42 bits per heavy atom. The normalized spacial score (nSPS) is 25.5. The van der Waals surface area contributed by atoms with Crippen molar-refractivity contribution in [2.24, 2.45) is 0 Å². The van der Waals surface area contributed by atoms with Crippen LogP contribution >= 0.6 is 0 Å². The maximum atomic E-state index is 12.7. The van der Waals surface area contributed by atoms with Gasteiger partial charge in [-0.3, -0.25) is 14.4 Å². The minimum atomic E-state index is -1.12. The highest BCUT2D eigenvalue weighted by molar-refractivity contribution is 5.92. The van der Waals surface area contributed by atoms with Crippen LogP contribution in [-0.2, 0) is 19.1 Å². The number of piperazine rings is 1. The van der Waals surface area contributed by atoms with E-state index < -0.39 is 24.6 Å². The molecule has 2 heterocycles. The highest BCUT2D eigenvalue weighted by Crippen LogP contribution is 2.25. The van der Waals surface area contributed by atoms with Crippen LogP contribution in [0.3, 0.4) is 0 Å². The number of hydrogen-bond acceptors (Lipinski definition) is 6. The van der Waals surface area contributed by atoms with Gasteiger partial charge in [0.05, 0.1) is 26.1 Å². The average molecular weight is 338 g/mol. The van der Waals surface area contributed by atoms with E-state index in [9.17, 15) is 14.4 Å². The number of likely N-dealkylation sites (N-methyl/N-ethyl adjacent to an activating group) is 2. The first-order chi connectivity index (χ1) is 11.4. The fourth-order valence-electron chi connectivity index (χ4n) is 3.03. The summed E-state index contributed by atoms with van der Waals surface area (Å²) in [5, 5.41) is 12.7. The van der Waals surface area contributed by atoms with Crippen LogP contribution in [0.2, 0.25) is 0 Å². The molecule has 2 fully saturated rings. The van der Waals surface area contributed by atoms with Crippen molar-refractivity contribution in [3.8, 4) is 12.3 Å². The molecule has 0 aliphatic carbocycles. The van der Waals surface area contributed by atoms with Crippen molar-refractivity contribution in [1.29, 1.82) is 0 Å². The van der Waals surface area contributed by atoms with E-state index in [1.54, 1.807) is 12.1 Å². The lowest BCUT2D eigenvalue weighted by molar-refractivity contribution is -0.194. The molecule has 2 atom stereocenters. The van der Waals surface area contributed by atoms with Gasteiger partial charge in [-0.2, -0.15) is 0 Å². The highest BCUT2D eigenvalue weighted by atomic mass is 16.5. The first-order valence-electron chi connectivity index (χ1n) is 7.63. The van der Waals surface area contributed by atoms with Crippen molar-refractivity contribution < 1.29 is 24.2 Å². The van der Waals surface area contributed by atoms with Crippen molar-refractivity contribution in [2.45, 2.75) is 18.6 Å². The first kappa shape index (κ1) is 18.2. The van der Waals surface area contributed by atoms with Crippen LogP contribution in [0.1, 0.15) is 6.42 Å². The summed E-state index contributed by atoms with van der Waals surface area (Å²) >= 11 is 0. The van der Waals surface area contributed by atoms with Crippen LogP contribution in [0.4, 0.5) is 0 Å². The Morgan fingerprint density at radius 2 is 2.12 bits per heavy atom. The molecule has 0 bridgehead atoms. The number of amides is 2. The van der Waals surface area contributed by atoms with Gasteiger partial charge in [0.1, 0.15) is 18.8 Å². The molecule has 9 nitrogen and oxygen atoms in total. The van der Waals surface area contributed by atoms with E-state index in [1.165, 1.54) is 9.80 Å². The largest absolute Gasteiger partial charge is 0.481 e. The molecule has 9 heteroatoms. The molecule has 2 saturated heterocycles. The summed E-state index contributed by atoms with van der Waals surface area (Å²) in [7, 11) is 3.59. The van der Waals surface area contributed by atoms with E-state index in [0.717, 1.165) is 0 Å². The molecule has 0 radical (unpaired) electrons. The quantitative estimate of drug-likeness (QED) is 0.454. The van der Waals surface area contributed by atoms with Crippen molar-refractivity contribution in [3.05, 3.63) is 0 Å². The second kappa shape index (κ2) is 7.61. The molecule has 24 heavy (non-hydrogen) atoms. The van der Waals surface area contributed by atoms with Crippen molar-refractivity contribution >= 4 is 17.8 Å². The minimum absolute atomic E-state index is 0.113. The van der Waals surface area contributed by atoms with E-state index in [4.69, 9.17) is 16.3 Å². The molecule has 0 aromatic heterocycles. The highest BCUT2D eigenvalue weighted by Gasteiger charge is 2.48. The lowest BCUT2D eigenvalue weighted by Crippen LogP contribution is -2.73. The van der Waals surface area contributed by atoms with Crippen LogP contribution in [0.15, 0.2) is 0 Å². The third-order valence-corrected chi connectivity index (χ3v) is 4.32. The summed E-state index contributed by atoms with van der Waals surface area (Å²) in [5.74, 6) is 0.608. The fourth-order valence-corrected chi connectivity index (χ4v) is 3.03. The fraction of sp³-hybridized carbons (Fsp3) is 0.667. The molecule has 2 rings (SSSR count). The van der Waals surface area contributed by atoms with E-state index in [0.29, 0.717) is 13.1 Å².